The van der Waals surface area contributed by atoms with Gasteiger partial charge in [-0.3, -0.25) is 0 Å². The largest absolute Gasteiger partial charge is 0.303 e. The topological polar surface area (TPSA) is 16.1 Å². The summed E-state index contributed by atoms with van der Waals surface area (Å²) in [5, 5.41) is 3.33. The summed E-state index contributed by atoms with van der Waals surface area (Å²) in [6, 6.07) is 0.844. The monoisotopic (exact) mass is 300 g/mol. The minimum Gasteiger partial charge on any atom is -0.303 e. The molecule has 1 aliphatic rings. The highest BCUT2D eigenvalue weighted by Crippen LogP contribution is 2.22. The van der Waals surface area contributed by atoms with E-state index in [9.17, 15) is 0 Å². The number of halogens is 1. The fourth-order valence-corrected chi connectivity index (χ4v) is 3.94. The normalized spacial score (nSPS) is 17.2. The first-order valence-corrected chi connectivity index (χ1v) is 8.90. The molecule has 4 heteroatoms. The maximum absolute atomic E-state index is 5.77. The number of aromatic nitrogens is 1. The van der Waals surface area contributed by atoms with Gasteiger partial charge < -0.3 is 4.90 Å². The minimum absolute atomic E-state index is 0.543. The Morgan fingerprint density at radius 1 is 1.32 bits per heavy atom. The molecule has 0 saturated heterocycles. The van der Waals surface area contributed by atoms with Gasteiger partial charge in [0, 0.05) is 11.4 Å². The molecule has 1 fully saturated rings. The van der Waals surface area contributed by atoms with Crippen molar-refractivity contribution >= 4 is 22.9 Å². The summed E-state index contributed by atoms with van der Waals surface area (Å²) in [6.45, 7) is 1.23. The van der Waals surface area contributed by atoms with Crippen molar-refractivity contribution < 1.29 is 0 Å². The average molecular weight is 301 g/mol. The number of thiazole rings is 1. The highest BCUT2D eigenvalue weighted by molar-refractivity contribution is 7.09. The highest BCUT2D eigenvalue weighted by atomic mass is 35.5. The number of hydrogen-bond acceptors (Lipinski definition) is 3. The molecule has 108 valence electrons. The average Bonchev–Trinajstić information content (AvgIpc) is 2.92. The van der Waals surface area contributed by atoms with E-state index in [0.29, 0.717) is 5.88 Å². The lowest BCUT2D eigenvalue weighted by molar-refractivity contribution is 0.189. The second-order valence-corrected chi connectivity index (χ2v) is 6.81. The lowest BCUT2D eigenvalue weighted by Crippen LogP contribution is -2.34. The molecule has 1 heterocycles. The number of hydrogen-bond donors (Lipinski definition) is 0. The molecule has 1 saturated carbocycles. The third-order valence-corrected chi connectivity index (χ3v) is 5.32. The van der Waals surface area contributed by atoms with Crippen LogP contribution in [0.15, 0.2) is 5.38 Å². The molecule has 0 bridgehead atoms. The van der Waals surface area contributed by atoms with E-state index in [1.54, 1.807) is 11.3 Å². The Morgan fingerprint density at radius 2 is 2.11 bits per heavy atom. The summed E-state index contributed by atoms with van der Waals surface area (Å²) in [7, 11) is 2.30. The zero-order valence-electron chi connectivity index (χ0n) is 11.9. The highest BCUT2D eigenvalue weighted by Gasteiger charge is 2.17. The van der Waals surface area contributed by atoms with Gasteiger partial charge in [-0.1, -0.05) is 19.3 Å². The van der Waals surface area contributed by atoms with Crippen molar-refractivity contribution in [3.8, 4) is 0 Å². The maximum atomic E-state index is 5.77. The second kappa shape index (κ2) is 8.23. The van der Waals surface area contributed by atoms with Crippen molar-refractivity contribution in [2.24, 2.45) is 0 Å². The number of unbranched alkanes of at least 4 members (excludes halogenated alkanes) is 1. The van der Waals surface area contributed by atoms with Crippen molar-refractivity contribution in [2.75, 3.05) is 13.6 Å². The molecular weight excluding hydrogens is 276 g/mol. The van der Waals surface area contributed by atoms with Crippen LogP contribution in [0.4, 0.5) is 0 Å². The molecule has 0 atom stereocenters. The van der Waals surface area contributed by atoms with Crippen LogP contribution in [-0.4, -0.2) is 29.5 Å². The predicted octanol–water partition coefficient (Wildman–Crippen LogP) is 4.47. The first-order valence-electron chi connectivity index (χ1n) is 7.49. The fourth-order valence-electron chi connectivity index (χ4n) is 2.87. The fraction of sp³-hybridized carbons (Fsp3) is 0.800. The molecule has 2 nitrogen and oxygen atoms in total. The van der Waals surface area contributed by atoms with Gasteiger partial charge in [-0.2, -0.15) is 0 Å². The van der Waals surface area contributed by atoms with Crippen LogP contribution in [0.1, 0.15) is 55.6 Å². The molecule has 0 unspecified atom stereocenters. The summed E-state index contributed by atoms with van der Waals surface area (Å²) in [5.74, 6) is 0.543. The van der Waals surface area contributed by atoms with Gasteiger partial charge in [-0.15, -0.1) is 22.9 Å². The third kappa shape index (κ3) is 5.05. The first kappa shape index (κ1) is 15.3. The van der Waals surface area contributed by atoms with Gasteiger partial charge in [-0.25, -0.2) is 4.98 Å². The number of nitrogens with zero attached hydrogens (tertiary/aromatic N) is 2. The lowest BCUT2D eigenvalue weighted by atomic mass is 9.94. The van der Waals surface area contributed by atoms with Crippen molar-refractivity contribution in [3.63, 3.8) is 0 Å². The molecule has 0 aliphatic heterocycles. The Labute approximate surface area is 126 Å². The van der Waals surface area contributed by atoms with Gasteiger partial charge in [0.15, 0.2) is 0 Å². The zero-order chi connectivity index (χ0) is 13.5. The predicted molar refractivity (Wildman–Crippen MR) is 84.1 cm³/mol. The van der Waals surface area contributed by atoms with E-state index < -0.39 is 0 Å². The number of rotatable bonds is 7. The van der Waals surface area contributed by atoms with E-state index in [2.05, 4.69) is 22.3 Å². The summed E-state index contributed by atoms with van der Waals surface area (Å²) in [4.78, 5) is 7.08. The number of alkyl halides is 1. The summed E-state index contributed by atoms with van der Waals surface area (Å²) in [5.41, 5.74) is 1.03. The van der Waals surface area contributed by atoms with Crippen LogP contribution >= 0.6 is 22.9 Å². The summed E-state index contributed by atoms with van der Waals surface area (Å²) < 4.78 is 0. The van der Waals surface area contributed by atoms with E-state index in [0.717, 1.165) is 18.2 Å². The molecule has 1 aromatic heterocycles. The van der Waals surface area contributed by atoms with Gasteiger partial charge in [0.05, 0.1) is 16.6 Å². The van der Waals surface area contributed by atoms with Crippen LogP contribution in [0.2, 0.25) is 0 Å². The quantitative estimate of drug-likeness (QED) is 0.545. The molecule has 1 aromatic rings. The van der Waals surface area contributed by atoms with Gasteiger partial charge in [0.25, 0.3) is 0 Å². The molecule has 1 aliphatic carbocycles. The Kier molecular flexibility index (Phi) is 6.62. The van der Waals surface area contributed by atoms with Crippen molar-refractivity contribution in [1.29, 1.82) is 0 Å². The SMILES string of the molecule is CN(CCCCc1nc(CCl)cs1)C1CCCCC1. The Hall–Kier alpha value is -0.120. The van der Waals surface area contributed by atoms with Crippen LogP contribution in [0.25, 0.3) is 0 Å². The van der Waals surface area contributed by atoms with Gasteiger partial charge in [0.2, 0.25) is 0 Å². The molecular formula is C15H25ClN2S. The first-order chi connectivity index (χ1) is 9.29. The Balaban J connectivity index is 1.60. The standard InChI is InChI=1S/C15H25ClN2S/c1-18(14-7-3-2-4-8-14)10-6-5-9-15-17-13(11-16)12-19-15/h12,14H,2-11H2,1H3. The number of aryl methyl sites for hydroxylation is 1. The molecule has 19 heavy (non-hydrogen) atoms. The zero-order valence-corrected chi connectivity index (χ0v) is 13.5. The minimum atomic E-state index is 0.543. The molecule has 0 aromatic carbocycles. The van der Waals surface area contributed by atoms with E-state index in [-0.39, 0.29) is 0 Å². The van der Waals surface area contributed by atoms with Crippen molar-refractivity contribution in [3.05, 3.63) is 16.1 Å². The maximum Gasteiger partial charge on any atom is 0.0928 e. The third-order valence-electron chi connectivity index (χ3n) is 4.09. The van der Waals surface area contributed by atoms with Crippen LogP contribution in [0.5, 0.6) is 0 Å². The molecule has 0 radical (unpaired) electrons. The van der Waals surface area contributed by atoms with E-state index >= 15 is 0 Å². The lowest BCUT2D eigenvalue weighted by Gasteiger charge is -2.31. The van der Waals surface area contributed by atoms with Crippen LogP contribution in [0.3, 0.4) is 0 Å². The molecule has 0 N–H and O–H groups in total. The second-order valence-electron chi connectivity index (χ2n) is 5.60. The molecule has 2 rings (SSSR count). The van der Waals surface area contributed by atoms with Gasteiger partial charge >= 0.3 is 0 Å². The van der Waals surface area contributed by atoms with Crippen LogP contribution < -0.4 is 0 Å². The van der Waals surface area contributed by atoms with Crippen LogP contribution in [0, 0.1) is 0 Å². The molecule has 0 spiro atoms. The summed E-state index contributed by atoms with van der Waals surface area (Å²) in [6.07, 6.45) is 10.7. The van der Waals surface area contributed by atoms with E-state index in [1.165, 1.54) is 56.5 Å². The van der Waals surface area contributed by atoms with Crippen molar-refractivity contribution in [2.45, 2.75) is 63.3 Å². The van der Waals surface area contributed by atoms with Crippen LogP contribution in [-0.2, 0) is 12.3 Å². The smallest absolute Gasteiger partial charge is 0.0928 e. The van der Waals surface area contributed by atoms with Crippen molar-refractivity contribution in [1.82, 2.24) is 9.88 Å². The Morgan fingerprint density at radius 3 is 2.79 bits per heavy atom. The van der Waals surface area contributed by atoms with Gasteiger partial charge in [0.1, 0.15) is 0 Å². The summed E-state index contributed by atoms with van der Waals surface area (Å²) >= 11 is 7.52. The van der Waals surface area contributed by atoms with Gasteiger partial charge in [-0.05, 0) is 45.7 Å². The molecule has 0 amide bonds. The Bertz CT molecular complexity index is 361. The van der Waals surface area contributed by atoms with E-state index in [1.807, 2.05) is 0 Å². The van der Waals surface area contributed by atoms with E-state index in [4.69, 9.17) is 11.6 Å².